The molecule has 0 amide bonds. The van der Waals surface area contributed by atoms with E-state index < -0.39 is 6.04 Å². The first-order chi connectivity index (χ1) is 14.1. The Bertz CT molecular complexity index is 865. The van der Waals surface area contributed by atoms with Crippen molar-refractivity contribution < 1.29 is 14.3 Å². The average molecular weight is 392 g/mol. The van der Waals surface area contributed by atoms with Crippen molar-refractivity contribution in [2.45, 2.75) is 45.1 Å². The van der Waals surface area contributed by atoms with E-state index in [1.165, 1.54) is 32.8 Å². The molecule has 2 aromatic rings. The minimum absolute atomic E-state index is 0.381. The number of aryl methyl sites for hydroxylation is 1. The number of carbonyl (C=O) groups is 1. The van der Waals surface area contributed by atoms with Gasteiger partial charge in [-0.15, -0.1) is 0 Å². The van der Waals surface area contributed by atoms with Gasteiger partial charge in [-0.1, -0.05) is 25.8 Å². The lowest BCUT2D eigenvalue weighted by molar-refractivity contribution is -0.141. The minimum atomic E-state index is -0.696. The fourth-order valence-corrected chi connectivity index (χ4v) is 3.75. The summed E-state index contributed by atoms with van der Waals surface area (Å²) in [5.74, 6) is 0.913. The number of nitrogens with zero attached hydrogens (tertiary/aromatic N) is 1. The summed E-state index contributed by atoms with van der Waals surface area (Å²) >= 11 is 0. The summed E-state index contributed by atoms with van der Waals surface area (Å²) in [4.78, 5) is 12.7. The molecule has 0 spiro atoms. The van der Waals surface area contributed by atoms with Crippen molar-refractivity contribution in [1.29, 1.82) is 5.26 Å². The summed E-state index contributed by atoms with van der Waals surface area (Å²) in [6.07, 6.45) is 5.79. The largest absolute Gasteiger partial charge is 0.493 e. The van der Waals surface area contributed by atoms with Crippen LogP contribution in [0.15, 0.2) is 42.5 Å². The third-order valence-electron chi connectivity index (χ3n) is 5.50. The molecule has 152 valence electrons. The number of carbonyl (C=O) groups excluding carboxylic acids is 1. The second-order valence-electron chi connectivity index (χ2n) is 7.48. The van der Waals surface area contributed by atoms with E-state index >= 15 is 0 Å². The van der Waals surface area contributed by atoms with Gasteiger partial charge in [0.2, 0.25) is 0 Å². The Hall–Kier alpha value is -3.00. The van der Waals surface area contributed by atoms with E-state index in [1.54, 1.807) is 24.3 Å². The number of esters is 1. The van der Waals surface area contributed by atoms with Gasteiger partial charge in [-0.05, 0) is 67.1 Å². The van der Waals surface area contributed by atoms with E-state index in [2.05, 4.69) is 18.3 Å². The van der Waals surface area contributed by atoms with Gasteiger partial charge in [0.25, 0.3) is 0 Å². The molecule has 1 aliphatic carbocycles. The van der Waals surface area contributed by atoms with Crippen LogP contribution in [0.1, 0.15) is 55.3 Å². The Morgan fingerprint density at radius 3 is 2.55 bits per heavy atom. The van der Waals surface area contributed by atoms with Crippen molar-refractivity contribution in [1.82, 2.24) is 0 Å². The quantitative estimate of drug-likeness (QED) is 0.639. The van der Waals surface area contributed by atoms with Gasteiger partial charge in [-0.2, -0.15) is 5.26 Å². The third kappa shape index (κ3) is 5.29. The standard InChI is InChI=1S/C24H28N2O3/c1-3-17-10-13-22(29-16-19-6-4-5-7-19)21(14-17)23(24(27)28-2)26-20-11-8-18(15-25)9-12-20/h8-14,19,23,26H,3-7,16H2,1-2H3. The van der Waals surface area contributed by atoms with E-state index in [0.29, 0.717) is 23.8 Å². The van der Waals surface area contributed by atoms with Crippen LogP contribution in [0.5, 0.6) is 5.75 Å². The fraction of sp³-hybridized carbons (Fsp3) is 0.417. The maximum absolute atomic E-state index is 12.7. The van der Waals surface area contributed by atoms with E-state index in [1.807, 2.05) is 18.2 Å². The van der Waals surface area contributed by atoms with Gasteiger partial charge in [0.1, 0.15) is 5.75 Å². The van der Waals surface area contributed by atoms with Crippen LogP contribution in [0.2, 0.25) is 0 Å². The highest BCUT2D eigenvalue weighted by Gasteiger charge is 2.26. The molecule has 0 saturated heterocycles. The molecule has 0 radical (unpaired) electrons. The summed E-state index contributed by atoms with van der Waals surface area (Å²) < 4.78 is 11.3. The molecule has 1 saturated carbocycles. The predicted molar refractivity (Wildman–Crippen MR) is 113 cm³/mol. The van der Waals surface area contributed by atoms with E-state index in [9.17, 15) is 4.79 Å². The molecule has 3 rings (SSSR count). The van der Waals surface area contributed by atoms with Gasteiger partial charge in [0.05, 0.1) is 25.3 Å². The molecule has 1 N–H and O–H groups in total. The molecule has 5 heteroatoms. The van der Waals surface area contributed by atoms with E-state index in [0.717, 1.165) is 23.2 Å². The zero-order valence-electron chi connectivity index (χ0n) is 17.1. The summed E-state index contributed by atoms with van der Waals surface area (Å²) in [6, 6.07) is 14.4. The van der Waals surface area contributed by atoms with E-state index in [-0.39, 0.29) is 5.97 Å². The Morgan fingerprint density at radius 2 is 1.93 bits per heavy atom. The second-order valence-corrected chi connectivity index (χ2v) is 7.48. The first kappa shape index (κ1) is 20.7. The second kappa shape index (κ2) is 9.97. The SMILES string of the molecule is CCc1ccc(OCC2CCCC2)c(C(Nc2ccc(C#N)cc2)C(=O)OC)c1. The zero-order chi connectivity index (χ0) is 20.6. The maximum Gasteiger partial charge on any atom is 0.333 e. The molecule has 1 unspecified atom stereocenters. The number of rotatable bonds is 8. The topological polar surface area (TPSA) is 71.3 Å². The highest BCUT2D eigenvalue weighted by molar-refractivity contribution is 5.82. The number of hydrogen-bond donors (Lipinski definition) is 1. The molecular weight excluding hydrogens is 364 g/mol. The molecule has 0 bridgehead atoms. The van der Waals surface area contributed by atoms with Crippen molar-refractivity contribution in [3.63, 3.8) is 0 Å². The van der Waals surface area contributed by atoms with Gasteiger partial charge in [0.15, 0.2) is 6.04 Å². The Morgan fingerprint density at radius 1 is 1.21 bits per heavy atom. The first-order valence-electron chi connectivity index (χ1n) is 10.2. The van der Waals surface area contributed by atoms with Crippen LogP contribution >= 0.6 is 0 Å². The lowest BCUT2D eigenvalue weighted by atomic mass is 10.0. The minimum Gasteiger partial charge on any atom is -0.493 e. The summed E-state index contributed by atoms with van der Waals surface area (Å²) in [6.45, 7) is 2.75. The number of hydrogen-bond acceptors (Lipinski definition) is 5. The Balaban J connectivity index is 1.89. The third-order valence-corrected chi connectivity index (χ3v) is 5.50. The first-order valence-corrected chi connectivity index (χ1v) is 10.2. The van der Waals surface area contributed by atoms with Crippen LogP contribution in [0.4, 0.5) is 5.69 Å². The molecule has 1 fully saturated rings. The molecule has 2 aromatic carbocycles. The van der Waals surface area contributed by atoms with Crippen LogP contribution < -0.4 is 10.1 Å². The molecule has 29 heavy (non-hydrogen) atoms. The number of nitrogens with one attached hydrogen (secondary N) is 1. The number of nitriles is 1. The monoisotopic (exact) mass is 392 g/mol. The van der Waals surface area contributed by atoms with Gasteiger partial charge >= 0.3 is 5.97 Å². The molecule has 1 aliphatic rings. The molecule has 1 atom stereocenters. The van der Waals surface area contributed by atoms with Crippen molar-refractivity contribution in [3.05, 3.63) is 59.2 Å². The number of methoxy groups -OCH3 is 1. The predicted octanol–water partition coefficient (Wildman–Crippen LogP) is 5.02. The molecule has 0 heterocycles. The van der Waals surface area contributed by atoms with Crippen molar-refractivity contribution in [2.75, 3.05) is 19.0 Å². The molecule has 0 aromatic heterocycles. The van der Waals surface area contributed by atoms with Crippen LogP contribution in [0.25, 0.3) is 0 Å². The zero-order valence-corrected chi connectivity index (χ0v) is 17.1. The highest BCUT2D eigenvalue weighted by atomic mass is 16.5. The van der Waals surface area contributed by atoms with Crippen molar-refractivity contribution in [2.24, 2.45) is 5.92 Å². The smallest absolute Gasteiger partial charge is 0.333 e. The van der Waals surface area contributed by atoms with Crippen LogP contribution in [-0.2, 0) is 16.0 Å². The number of benzene rings is 2. The Labute approximate surface area is 172 Å². The van der Waals surface area contributed by atoms with Gasteiger partial charge < -0.3 is 14.8 Å². The van der Waals surface area contributed by atoms with Crippen molar-refractivity contribution >= 4 is 11.7 Å². The van der Waals surface area contributed by atoms with Gasteiger partial charge in [-0.3, -0.25) is 0 Å². The van der Waals surface area contributed by atoms with Gasteiger partial charge in [0, 0.05) is 11.3 Å². The van der Waals surface area contributed by atoms with Crippen LogP contribution in [-0.4, -0.2) is 19.7 Å². The lowest BCUT2D eigenvalue weighted by Crippen LogP contribution is -2.23. The Kier molecular flexibility index (Phi) is 7.13. The summed E-state index contributed by atoms with van der Waals surface area (Å²) in [5, 5.41) is 12.2. The highest BCUT2D eigenvalue weighted by Crippen LogP contribution is 2.32. The molecule has 0 aliphatic heterocycles. The number of anilines is 1. The summed E-state index contributed by atoms with van der Waals surface area (Å²) in [7, 11) is 1.39. The molecular formula is C24H28N2O3. The number of ether oxygens (including phenoxy) is 2. The fourth-order valence-electron chi connectivity index (χ4n) is 3.75. The van der Waals surface area contributed by atoms with E-state index in [4.69, 9.17) is 14.7 Å². The average Bonchev–Trinajstić information content (AvgIpc) is 3.29. The van der Waals surface area contributed by atoms with Gasteiger partial charge in [-0.25, -0.2) is 4.79 Å². The lowest BCUT2D eigenvalue weighted by Gasteiger charge is -2.22. The normalized spacial score (nSPS) is 14.8. The van der Waals surface area contributed by atoms with Crippen LogP contribution in [0, 0.1) is 17.2 Å². The van der Waals surface area contributed by atoms with Crippen molar-refractivity contribution in [3.8, 4) is 11.8 Å². The maximum atomic E-state index is 12.7. The molecule has 5 nitrogen and oxygen atoms in total. The van der Waals surface area contributed by atoms with Crippen LogP contribution in [0.3, 0.4) is 0 Å². The summed E-state index contributed by atoms with van der Waals surface area (Å²) in [5.41, 5.74) is 3.21.